The smallest absolute Gasteiger partial charge is 0.265 e. The molecule has 0 aliphatic carbocycles. The van der Waals surface area contributed by atoms with Gasteiger partial charge in [-0.25, -0.2) is 4.98 Å². The van der Waals surface area contributed by atoms with E-state index in [1.807, 2.05) is 43.5 Å². The number of carbonyl (C=O) groups excluding carboxylic acids is 1. The number of nitrogens with two attached hydrogens (primary N) is 1. The van der Waals surface area contributed by atoms with Crippen molar-refractivity contribution < 1.29 is 9.53 Å². The van der Waals surface area contributed by atoms with Gasteiger partial charge in [-0.15, -0.1) is 0 Å². The summed E-state index contributed by atoms with van der Waals surface area (Å²) < 4.78 is 7.77. The standard InChI is InChI=1S/C24H29N5O2/c1-3-28-19-12-17(7-9-21(19)31-15-23(28)30)24-20(14-27-11-5-4-6-16(27)2)29-13-18(25)8-10-22(29)26-24/h7-10,12-13,16H,3-6,11,14-15,25H2,1-2H3. The van der Waals surface area contributed by atoms with Crippen molar-refractivity contribution in [1.29, 1.82) is 0 Å². The Morgan fingerprint density at radius 1 is 1.23 bits per heavy atom. The minimum absolute atomic E-state index is 0.0164. The summed E-state index contributed by atoms with van der Waals surface area (Å²) in [4.78, 5) is 21.6. The van der Waals surface area contributed by atoms with Gasteiger partial charge in [-0.2, -0.15) is 0 Å². The van der Waals surface area contributed by atoms with Gasteiger partial charge in [0.1, 0.15) is 11.4 Å². The van der Waals surface area contributed by atoms with Gasteiger partial charge in [0.15, 0.2) is 6.61 Å². The van der Waals surface area contributed by atoms with Gasteiger partial charge >= 0.3 is 0 Å². The van der Waals surface area contributed by atoms with Crippen molar-refractivity contribution in [2.45, 2.75) is 45.7 Å². The molecule has 1 fully saturated rings. The van der Waals surface area contributed by atoms with E-state index in [1.165, 1.54) is 19.3 Å². The minimum Gasteiger partial charge on any atom is -0.482 e. The Morgan fingerprint density at radius 3 is 2.90 bits per heavy atom. The number of ether oxygens (including phenoxy) is 1. The molecular formula is C24H29N5O2. The second kappa shape index (κ2) is 7.89. The Morgan fingerprint density at radius 2 is 2.10 bits per heavy atom. The van der Waals surface area contributed by atoms with Gasteiger partial charge in [0.25, 0.3) is 5.91 Å². The van der Waals surface area contributed by atoms with Crippen molar-refractivity contribution in [3.05, 3.63) is 42.2 Å². The summed E-state index contributed by atoms with van der Waals surface area (Å²) in [5.41, 5.74) is 11.6. The summed E-state index contributed by atoms with van der Waals surface area (Å²) in [5, 5.41) is 0. The van der Waals surface area contributed by atoms with Crippen molar-refractivity contribution in [2.24, 2.45) is 0 Å². The van der Waals surface area contributed by atoms with Crippen molar-refractivity contribution in [2.75, 3.05) is 30.3 Å². The Kier molecular flexibility index (Phi) is 5.06. The topological polar surface area (TPSA) is 76.1 Å². The molecule has 2 aromatic heterocycles. The number of hydrogen-bond donors (Lipinski definition) is 1. The molecule has 1 amide bonds. The van der Waals surface area contributed by atoms with Gasteiger partial charge in [-0.05, 0) is 63.6 Å². The molecule has 1 unspecified atom stereocenters. The van der Waals surface area contributed by atoms with E-state index in [0.717, 1.165) is 47.1 Å². The Bertz CT molecular complexity index is 1140. The number of aromatic nitrogens is 2. The predicted octanol–water partition coefficient (Wildman–Crippen LogP) is 3.70. The molecule has 2 aliphatic rings. The number of anilines is 2. The Balaban J connectivity index is 1.63. The van der Waals surface area contributed by atoms with Crippen LogP contribution in [0.15, 0.2) is 36.5 Å². The van der Waals surface area contributed by atoms with Crippen molar-refractivity contribution in [3.8, 4) is 17.0 Å². The number of nitrogen functional groups attached to an aromatic ring is 1. The van der Waals surface area contributed by atoms with Gasteiger partial charge in [-0.3, -0.25) is 9.69 Å². The zero-order valence-corrected chi connectivity index (χ0v) is 18.2. The fourth-order valence-corrected chi connectivity index (χ4v) is 4.77. The van der Waals surface area contributed by atoms with E-state index < -0.39 is 0 Å². The maximum absolute atomic E-state index is 12.3. The maximum Gasteiger partial charge on any atom is 0.265 e. The molecule has 4 heterocycles. The molecular weight excluding hydrogens is 390 g/mol. The molecule has 31 heavy (non-hydrogen) atoms. The van der Waals surface area contributed by atoms with Crippen molar-refractivity contribution in [1.82, 2.24) is 14.3 Å². The molecule has 0 radical (unpaired) electrons. The molecule has 0 spiro atoms. The van der Waals surface area contributed by atoms with Gasteiger partial charge in [0, 0.05) is 36.6 Å². The first-order valence-electron chi connectivity index (χ1n) is 11.1. The lowest BCUT2D eigenvalue weighted by Crippen LogP contribution is -2.38. The van der Waals surface area contributed by atoms with Crippen LogP contribution < -0.4 is 15.4 Å². The second-order valence-corrected chi connectivity index (χ2v) is 8.52. The number of benzene rings is 1. The highest BCUT2D eigenvalue weighted by Crippen LogP contribution is 2.37. The Labute approximate surface area is 182 Å². The predicted molar refractivity (Wildman–Crippen MR) is 122 cm³/mol. The molecule has 0 bridgehead atoms. The molecule has 2 N–H and O–H groups in total. The second-order valence-electron chi connectivity index (χ2n) is 8.52. The van der Waals surface area contributed by atoms with Crippen LogP contribution in [-0.2, 0) is 11.3 Å². The lowest BCUT2D eigenvalue weighted by molar-refractivity contribution is -0.121. The van der Waals surface area contributed by atoms with Crippen molar-refractivity contribution >= 4 is 22.9 Å². The van der Waals surface area contributed by atoms with E-state index >= 15 is 0 Å². The summed E-state index contributed by atoms with van der Waals surface area (Å²) in [6.45, 7) is 6.88. The normalized spacial score (nSPS) is 19.5. The first-order valence-corrected chi connectivity index (χ1v) is 11.1. The zero-order valence-electron chi connectivity index (χ0n) is 18.2. The molecule has 1 atom stereocenters. The zero-order chi connectivity index (χ0) is 21.5. The fraction of sp³-hybridized carbons (Fsp3) is 0.417. The van der Waals surface area contributed by atoms with Gasteiger partial charge in [0.2, 0.25) is 0 Å². The minimum atomic E-state index is -0.0164. The summed E-state index contributed by atoms with van der Waals surface area (Å²) in [5.74, 6) is 0.724. The number of nitrogens with zero attached hydrogens (tertiary/aromatic N) is 4. The largest absolute Gasteiger partial charge is 0.482 e. The number of amides is 1. The lowest BCUT2D eigenvalue weighted by Gasteiger charge is -2.33. The molecule has 1 aromatic carbocycles. The number of pyridine rings is 1. The number of hydrogen-bond acceptors (Lipinski definition) is 5. The first-order chi connectivity index (χ1) is 15.0. The summed E-state index contributed by atoms with van der Waals surface area (Å²) in [7, 11) is 0. The van der Waals surface area contributed by atoms with Crippen LogP contribution in [0.5, 0.6) is 5.75 Å². The molecule has 5 rings (SSSR count). The average molecular weight is 420 g/mol. The number of carbonyl (C=O) groups is 1. The molecule has 0 saturated carbocycles. The molecule has 1 saturated heterocycles. The van der Waals surface area contributed by atoms with Crippen LogP contribution in [0.25, 0.3) is 16.9 Å². The third-order valence-corrected chi connectivity index (χ3v) is 6.53. The highest BCUT2D eigenvalue weighted by molar-refractivity contribution is 5.98. The Hall–Kier alpha value is -3.06. The van der Waals surface area contributed by atoms with E-state index in [9.17, 15) is 4.79 Å². The third-order valence-electron chi connectivity index (χ3n) is 6.53. The number of imidazole rings is 1. The van der Waals surface area contributed by atoms with E-state index in [1.54, 1.807) is 4.90 Å². The fourth-order valence-electron chi connectivity index (χ4n) is 4.77. The summed E-state index contributed by atoms with van der Waals surface area (Å²) in [6, 6.07) is 10.4. The molecule has 162 valence electrons. The molecule has 2 aliphatic heterocycles. The number of likely N-dealkylation sites (N-methyl/N-ethyl adjacent to an activating group) is 1. The molecule has 7 heteroatoms. The van der Waals surface area contributed by atoms with Crippen LogP contribution in [0.2, 0.25) is 0 Å². The van der Waals surface area contributed by atoms with Crippen LogP contribution in [0.3, 0.4) is 0 Å². The monoisotopic (exact) mass is 419 g/mol. The quantitative estimate of drug-likeness (QED) is 0.698. The summed E-state index contributed by atoms with van der Waals surface area (Å²) in [6.07, 6.45) is 5.69. The van der Waals surface area contributed by atoms with E-state index in [2.05, 4.69) is 16.2 Å². The highest BCUT2D eigenvalue weighted by atomic mass is 16.5. The SMILES string of the molecule is CCN1C(=O)COc2ccc(-c3nc4ccc(N)cn4c3CN3CCCCC3C)cc21. The van der Waals surface area contributed by atoms with Crippen molar-refractivity contribution in [3.63, 3.8) is 0 Å². The van der Waals surface area contributed by atoms with E-state index in [-0.39, 0.29) is 12.5 Å². The van der Waals surface area contributed by atoms with E-state index in [4.69, 9.17) is 15.5 Å². The van der Waals surface area contributed by atoms with Gasteiger partial charge < -0.3 is 19.8 Å². The maximum atomic E-state index is 12.3. The third kappa shape index (κ3) is 3.53. The summed E-state index contributed by atoms with van der Waals surface area (Å²) >= 11 is 0. The van der Waals surface area contributed by atoms with E-state index in [0.29, 0.717) is 18.3 Å². The van der Waals surface area contributed by atoms with Crippen LogP contribution in [-0.4, -0.2) is 45.9 Å². The van der Waals surface area contributed by atoms with Crippen LogP contribution in [0.1, 0.15) is 38.8 Å². The van der Waals surface area contributed by atoms with Gasteiger partial charge in [0.05, 0.1) is 17.1 Å². The van der Waals surface area contributed by atoms with Gasteiger partial charge in [-0.1, -0.05) is 6.42 Å². The number of rotatable bonds is 4. The number of likely N-dealkylation sites (tertiary alicyclic amines) is 1. The number of fused-ring (bicyclic) bond motifs is 2. The highest BCUT2D eigenvalue weighted by Gasteiger charge is 2.27. The molecule has 3 aromatic rings. The lowest BCUT2D eigenvalue weighted by atomic mass is 10.0. The van der Waals surface area contributed by atoms with Crippen LogP contribution >= 0.6 is 0 Å². The van der Waals surface area contributed by atoms with Crippen LogP contribution in [0, 0.1) is 0 Å². The first kappa shape index (κ1) is 19.9. The van der Waals surface area contributed by atoms with Crippen LogP contribution in [0.4, 0.5) is 11.4 Å². The number of piperidine rings is 1. The molecule has 7 nitrogen and oxygen atoms in total. The average Bonchev–Trinajstić information content (AvgIpc) is 3.12.